The number of methoxy groups -OCH3 is 1. The van der Waals surface area contributed by atoms with E-state index in [1.54, 1.807) is 24.3 Å². The summed E-state index contributed by atoms with van der Waals surface area (Å²) >= 11 is 1.35. The molecule has 0 spiro atoms. The molecule has 3 fully saturated rings. The number of benzene rings is 2. The normalized spacial score (nSPS) is 22.4. The van der Waals surface area contributed by atoms with E-state index in [2.05, 4.69) is 14.6 Å². The topological polar surface area (TPSA) is 104 Å². The van der Waals surface area contributed by atoms with Crippen molar-refractivity contribution in [3.05, 3.63) is 58.9 Å². The Hall–Kier alpha value is -3.64. The van der Waals surface area contributed by atoms with Crippen LogP contribution < -0.4 is 15.4 Å². The number of carbonyl (C=O) groups excluding carboxylic acids is 2. The van der Waals surface area contributed by atoms with Gasteiger partial charge in [0.1, 0.15) is 11.3 Å². The van der Waals surface area contributed by atoms with Crippen molar-refractivity contribution in [2.75, 3.05) is 31.7 Å². The molecule has 3 aromatic rings. The molecule has 12 heteroatoms. The zero-order valence-electron chi connectivity index (χ0n) is 23.6. The summed E-state index contributed by atoms with van der Waals surface area (Å²) in [4.78, 5) is 31.8. The lowest BCUT2D eigenvalue weighted by Gasteiger charge is -2.31. The maximum absolute atomic E-state index is 14.7. The van der Waals surface area contributed by atoms with Crippen LogP contribution in [0.3, 0.4) is 0 Å². The first-order valence-electron chi connectivity index (χ1n) is 14.3. The van der Waals surface area contributed by atoms with Crippen LogP contribution >= 0.6 is 11.3 Å². The number of hydrogen-bond acceptors (Lipinski definition) is 9. The summed E-state index contributed by atoms with van der Waals surface area (Å²) in [6.07, 6.45) is 3.96. The van der Waals surface area contributed by atoms with Gasteiger partial charge in [-0.3, -0.25) is 4.79 Å². The van der Waals surface area contributed by atoms with E-state index in [0.717, 1.165) is 51.3 Å². The molecular weight excluding hydrogens is 583 g/mol. The SMILES string of the molecule is COC(=O)c1cc(F)c2nc(N3CC4CC[C@H](OCC(C(=O)C5CC5)=C(N)c5ccccc5OC(F)F)C[C@H]4C3)sc2c1. The van der Waals surface area contributed by atoms with Crippen molar-refractivity contribution in [2.45, 2.75) is 44.8 Å². The van der Waals surface area contributed by atoms with Crippen molar-refractivity contribution in [1.29, 1.82) is 0 Å². The third kappa shape index (κ3) is 6.21. The number of nitrogens with two attached hydrogens (primary N) is 1. The molecule has 1 aromatic heterocycles. The number of ketones is 1. The highest BCUT2D eigenvalue weighted by Crippen LogP contribution is 2.42. The number of ether oxygens (including phenoxy) is 3. The number of anilines is 1. The molecule has 2 aromatic carbocycles. The summed E-state index contributed by atoms with van der Waals surface area (Å²) in [5.74, 6) is -0.723. The standard InChI is InChI=1S/C31H32F3N3O5S/c1-40-29(39)18-11-23(32)27-25(12-18)43-31(36-27)37-13-17-8-9-20(10-19(17)14-37)41-15-22(28(38)16-6-7-16)26(35)21-4-2-3-5-24(21)42-30(33)34/h2-5,11-12,16-17,19-20,30H,6-10,13-15,35H2,1H3/t17?,19-,20-/m0/s1. The van der Waals surface area contributed by atoms with Crippen LogP contribution in [0.1, 0.15) is 48.0 Å². The van der Waals surface area contributed by atoms with Crippen molar-refractivity contribution >= 4 is 44.1 Å². The third-order valence-corrected chi connectivity index (χ3v) is 9.62. The van der Waals surface area contributed by atoms with Crippen molar-refractivity contribution in [1.82, 2.24) is 4.98 Å². The molecule has 43 heavy (non-hydrogen) atoms. The van der Waals surface area contributed by atoms with Crippen molar-refractivity contribution in [3.8, 4) is 5.75 Å². The fraction of sp³-hybridized carbons (Fsp3) is 0.452. The molecule has 1 aliphatic heterocycles. The number of fused-ring (bicyclic) bond motifs is 2. The molecule has 0 bridgehead atoms. The first-order valence-corrected chi connectivity index (χ1v) is 15.2. The van der Waals surface area contributed by atoms with E-state index in [4.69, 9.17) is 15.2 Å². The average Bonchev–Trinajstić information content (AvgIpc) is 3.61. The number of aromatic nitrogens is 1. The highest BCUT2D eigenvalue weighted by atomic mass is 32.1. The summed E-state index contributed by atoms with van der Waals surface area (Å²) in [7, 11) is 1.26. The highest BCUT2D eigenvalue weighted by molar-refractivity contribution is 7.22. The monoisotopic (exact) mass is 615 g/mol. The molecule has 0 amide bonds. The van der Waals surface area contributed by atoms with Crippen LogP contribution in [0.4, 0.5) is 18.3 Å². The minimum absolute atomic E-state index is 0.00434. The van der Waals surface area contributed by atoms with Gasteiger partial charge < -0.3 is 24.8 Å². The van der Waals surface area contributed by atoms with Crippen LogP contribution in [0.5, 0.6) is 5.75 Å². The smallest absolute Gasteiger partial charge is 0.387 e. The van der Waals surface area contributed by atoms with Crippen LogP contribution in [0, 0.1) is 23.6 Å². The van der Waals surface area contributed by atoms with Crippen LogP contribution in [-0.4, -0.2) is 56.3 Å². The number of alkyl halides is 2. The van der Waals surface area contributed by atoms with Crippen molar-refractivity contribution < 1.29 is 37.0 Å². The van der Waals surface area contributed by atoms with E-state index in [9.17, 15) is 22.8 Å². The molecular formula is C31H32F3N3O5S. The number of nitrogens with zero attached hydrogens (tertiary/aromatic N) is 2. The van der Waals surface area contributed by atoms with Gasteiger partial charge in [-0.25, -0.2) is 14.2 Å². The number of para-hydroxylation sites is 1. The molecule has 8 nitrogen and oxygen atoms in total. The van der Waals surface area contributed by atoms with Gasteiger partial charge in [-0.05, 0) is 68.2 Å². The molecule has 0 radical (unpaired) electrons. The number of hydrogen-bond donors (Lipinski definition) is 1. The Labute approximate surface area is 250 Å². The molecule has 1 saturated heterocycles. The van der Waals surface area contributed by atoms with E-state index in [0.29, 0.717) is 27.2 Å². The number of thiazole rings is 1. The molecule has 2 N–H and O–H groups in total. The van der Waals surface area contributed by atoms with Crippen LogP contribution in [0.25, 0.3) is 15.9 Å². The van der Waals surface area contributed by atoms with E-state index in [1.807, 2.05) is 0 Å². The van der Waals surface area contributed by atoms with Gasteiger partial charge in [-0.2, -0.15) is 8.78 Å². The molecule has 2 heterocycles. The fourth-order valence-electron chi connectivity index (χ4n) is 6.17. The first kappa shape index (κ1) is 29.4. The Morgan fingerprint density at radius 1 is 1.12 bits per heavy atom. The summed E-state index contributed by atoms with van der Waals surface area (Å²) in [6.45, 7) is -1.50. The van der Waals surface area contributed by atoms with Gasteiger partial charge in [-0.15, -0.1) is 0 Å². The number of esters is 1. The zero-order valence-corrected chi connectivity index (χ0v) is 24.4. The maximum atomic E-state index is 14.7. The largest absolute Gasteiger partial charge is 0.465 e. The summed E-state index contributed by atoms with van der Waals surface area (Å²) in [6, 6.07) is 8.95. The molecule has 6 rings (SSSR count). The predicted molar refractivity (Wildman–Crippen MR) is 156 cm³/mol. The van der Waals surface area contributed by atoms with E-state index < -0.39 is 18.4 Å². The molecule has 2 aliphatic carbocycles. The third-order valence-electron chi connectivity index (χ3n) is 8.56. The predicted octanol–water partition coefficient (Wildman–Crippen LogP) is 5.79. The summed E-state index contributed by atoms with van der Waals surface area (Å²) < 4.78 is 57.0. The Kier molecular flexibility index (Phi) is 8.32. The molecule has 3 aliphatic rings. The van der Waals surface area contributed by atoms with Gasteiger partial charge in [0.2, 0.25) is 0 Å². The van der Waals surface area contributed by atoms with Crippen LogP contribution in [-0.2, 0) is 14.3 Å². The van der Waals surface area contributed by atoms with Gasteiger partial charge >= 0.3 is 12.6 Å². The second-order valence-electron chi connectivity index (χ2n) is 11.4. The second-order valence-corrected chi connectivity index (χ2v) is 12.4. The Bertz CT molecular complexity index is 1570. The Morgan fingerprint density at radius 3 is 2.63 bits per heavy atom. The lowest BCUT2D eigenvalue weighted by Crippen LogP contribution is -2.30. The lowest BCUT2D eigenvalue weighted by atomic mass is 9.80. The Morgan fingerprint density at radius 2 is 1.88 bits per heavy atom. The van der Waals surface area contributed by atoms with Crippen LogP contribution in [0.15, 0.2) is 42.0 Å². The van der Waals surface area contributed by atoms with Crippen molar-refractivity contribution in [3.63, 3.8) is 0 Å². The van der Waals surface area contributed by atoms with E-state index in [-0.39, 0.29) is 52.5 Å². The van der Waals surface area contributed by atoms with E-state index >= 15 is 0 Å². The number of Topliss-reactive ketones (excluding diaryl/α,β-unsaturated/α-hetero) is 1. The number of carbonyl (C=O) groups is 2. The summed E-state index contributed by atoms with van der Waals surface area (Å²) in [5.41, 5.74) is 7.47. The minimum Gasteiger partial charge on any atom is -0.465 e. The number of rotatable bonds is 10. The van der Waals surface area contributed by atoms with Gasteiger partial charge in [0, 0.05) is 30.1 Å². The van der Waals surface area contributed by atoms with Gasteiger partial charge in [0.15, 0.2) is 16.7 Å². The Balaban J connectivity index is 1.14. The first-order chi connectivity index (χ1) is 20.7. The van der Waals surface area contributed by atoms with Crippen molar-refractivity contribution in [2.24, 2.45) is 23.5 Å². The molecule has 3 atom stereocenters. The highest BCUT2D eigenvalue weighted by Gasteiger charge is 2.40. The maximum Gasteiger partial charge on any atom is 0.387 e. The second kappa shape index (κ2) is 12.2. The zero-order chi connectivity index (χ0) is 30.2. The number of halogens is 3. The average molecular weight is 616 g/mol. The fourth-order valence-corrected chi connectivity index (χ4v) is 7.21. The van der Waals surface area contributed by atoms with E-state index in [1.165, 1.54) is 24.5 Å². The van der Waals surface area contributed by atoms with Crippen LogP contribution in [0.2, 0.25) is 0 Å². The molecule has 228 valence electrons. The summed E-state index contributed by atoms with van der Waals surface area (Å²) in [5, 5.41) is 0.709. The molecule has 2 saturated carbocycles. The van der Waals surface area contributed by atoms with Gasteiger partial charge in [0.05, 0.1) is 35.8 Å². The van der Waals surface area contributed by atoms with Gasteiger partial charge in [0.25, 0.3) is 0 Å². The molecule has 1 unspecified atom stereocenters. The quantitative estimate of drug-likeness (QED) is 0.226. The lowest BCUT2D eigenvalue weighted by molar-refractivity contribution is -0.117. The minimum atomic E-state index is -3.02. The van der Waals surface area contributed by atoms with Gasteiger partial charge in [-0.1, -0.05) is 23.5 Å².